The predicted octanol–water partition coefficient (Wildman–Crippen LogP) is 2.11. The molecule has 2 amide bonds. The topological polar surface area (TPSA) is 61.9 Å². The molecule has 0 fully saturated rings. The Kier molecular flexibility index (Phi) is 4.88. The summed E-state index contributed by atoms with van der Waals surface area (Å²) in [6.07, 6.45) is 0. The van der Waals surface area contributed by atoms with E-state index in [0.717, 1.165) is 11.3 Å². The monoisotopic (exact) mass is 339 g/mol. The number of anilines is 2. The van der Waals surface area contributed by atoms with Crippen LogP contribution in [0.1, 0.15) is 5.56 Å². The van der Waals surface area contributed by atoms with Gasteiger partial charge in [-0.1, -0.05) is 24.3 Å². The number of rotatable bonds is 2. The molecule has 0 saturated carbocycles. The van der Waals surface area contributed by atoms with E-state index in [1.54, 1.807) is 36.3 Å². The molecule has 0 aromatic heterocycles. The molecule has 6 nitrogen and oxygen atoms in total. The van der Waals surface area contributed by atoms with Gasteiger partial charge in [-0.3, -0.25) is 9.59 Å². The van der Waals surface area contributed by atoms with E-state index >= 15 is 0 Å². The zero-order valence-electron chi connectivity index (χ0n) is 14.4. The number of likely N-dealkylation sites (N-methyl/N-ethyl adjacent to an activating group) is 1. The second kappa shape index (κ2) is 7.25. The van der Waals surface area contributed by atoms with Gasteiger partial charge < -0.3 is 19.9 Å². The smallest absolute Gasteiger partial charge is 0.313 e. The fourth-order valence-electron chi connectivity index (χ4n) is 2.90. The summed E-state index contributed by atoms with van der Waals surface area (Å²) in [5.74, 6) is -0.557. The molecular formula is C19H21N3O3. The molecule has 6 heteroatoms. The molecule has 0 atom stereocenters. The number of methoxy groups -OCH3 is 1. The first-order valence-electron chi connectivity index (χ1n) is 8.12. The molecule has 0 saturated heterocycles. The van der Waals surface area contributed by atoms with Crippen LogP contribution in [-0.2, 0) is 16.1 Å². The SMILES string of the molecule is COc1cccc(NC(=O)C(=O)N2CCN(C)c3ccccc3C2)c1. The second-order valence-electron chi connectivity index (χ2n) is 5.96. The lowest BCUT2D eigenvalue weighted by atomic mass is 10.1. The quantitative estimate of drug-likeness (QED) is 0.852. The van der Waals surface area contributed by atoms with Crippen molar-refractivity contribution in [1.29, 1.82) is 0 Å². The molecule has 0 radical (unpaired) electrons. The van der Waals surface area contributed by atoms with Crippen LogP contribution in [0.25, 0.3) is 0 Å². The number of nitrogens with one attached hydrogen (secondary N) is 1. The van der Waals surface area contributed by atoms with Crippen LogP contribution in [0.2, 0.25) is 0 Å². The molecule has 2 aromatic carbocycles. The van der Waals surface area contributed by atoms with Gasteiger partial charge in [0.15, 0.2) is 0 Å². The number of para-hydroxylation sites is 1. The third-order valence-electron chi connectivity index (χ3n) is 4.28. The van der Waals surface area contributed by atoms with Gasteiger partial charge in [-0.15, -0.1) is 0 Å². The highest BCUT2D eigenvalue weighted by Gasteiger charge is 2.26. The van der Waals surface area contributed by atoms with Gasteiger partial charge in [0.25, 0.3) is 0 Å². The zero-order valence-corrected chi connectivity index (χ0v) is 14.4. The number of ether oxygens (including phenoxy) is 1. The molecule has 0 spiro atoms. The average molecular weight is 339 g/mol. The van der Waals surface area contributed by atoms with Gasteiger partial charge in [0, 0.05) is 44.1 Å². The van der Waals surface area contributed by atoms with E-state index in [1.807, 2.05) is 31.3 Å². The highest BCUT2D eigenvalue weighted by Crippen LogP contribution is 2.24. The normalized spacial score (nSPS) is 13.7. The van der Waals surface area contributed by atoms with E-state index in [1.165, 1.54) is 0 Å². The summed E-state index contributed by atoms with van der Waals surface area (Å²) in [7, 11) is 3.54. The van der Waals surface area contributed by atoms with Crippen LogP contribution in [0.15, 0.2) is 48.5 Å². The van der Waals surface area contributed by atoms with Crippen molar-refractivity contribution >= 4 is 23.2 Å². The zero-order chi connectivity index (χ0) is 17.8. The molecule has 1 heterocycles. The summed E-state index contributed by atoms with van der Waals surface area (Å²) in [5.41, 5.74) is 2.65. The lowest BCUT2D eigenvalue weighted by molar-refractivity contribution is -0.143. The van der Waals surface area contributed by atoms with Crippen molar-refractivity contribution in [3.63, 3.8) is 0 Å². The summed E-state index contributed by atoms with van der Waals surface area (Å²) in [5, 5.41) is 2.65. The van der Waals surface area contributed by atoms with Crippen molar-refractivity contribution in [2.24, 2.45) is 0 Å². The Bertz CT molecular complexity index is 791. The lowest BCUT2D eigenvalue weighted by Crippen LogP contribution is -2.41. The van der Waals surface area contributed by atoms with Crippen LogP contribution in [0, 0.1) is 0 Å². The van der Waals surface area contributed by atoms with E-state index in [9.17, 15) is 9.59 Å². The summed E-state index contributed by atoms with van der Waals surface area (Å²) >= 11 is 0. The summed E-state index contributed by atoms with van der Waals surface area (Å²) in [4.78, 5) is 28.6. The van der Waals surface area contributed by atoms with Gasteiger partial charge in [-0.25, -0.2) is 0 Å². The molecule has 3 rings (SSSR count). The standard InChI is InChI=1S/C19H21N3O3/c1-21-10-11-22(13-14-6-3-4-9-17(14)21)19(24)18(23)20-15-7-5-8-16(12-15)25-2/h3-9,12H,10-11,13H2,1-2H3,(H,20,23). The highest BCUT2D eigenvalue weighted by molar-refractivity contribution is 6.39. The number of benzene rings is 2. The predicted molar refractivity (Wildman–Crippen MR) is 96.8 cm³/mol. The van der Waals surface area contributed by atoms with Crippen LogP contribution >= 0.6 is 0 Å². The van der Waals surface area contributed by atoms with Crippen molar-refractivity contribution in [2.45, 2.75) is 6.54 Å². The molecule has 1 aliphatic rings. The largest absolute Gasteiger partial charge is 0.497 e. The van der Waals surface area contributed by atoms with Gasteiger partial charge in [0.2, 0.25) is 0 Å². The van der Waals surface area contributed by atoms with Gasteiger partial charge in [-0.2, -0.15) is 0 Å². The Morgan fingerprint density at radius 1 is 1.08 bits per heavy atom. The number of hydrogen-bond acceptors (Lipinski definition) is 4. The van der Waals surface area contributed by atoms with Crippen molar-refractivity contribution in [1.82, 2.24) is 4.90 Å². The third kappa shape index (κ3) is 3.74. The molecule has 0 bridgehead atoms. The fourth-order valence-corrected chi connectivity index (χ4v) is 2.90. The highest BCUT2D eigenvalue weighted by atomic mass is 16.5. The molecular weight excluding hydrogens is 318 g/mol. The summed E-state index contributed by atoms with van der Waals surface area (Å²) in [6.45, 7) is 1.59. The maximum atomic E-state index is 12.6. The number of amides is 2. The Morgan fingerprint density at radius 3 is 2.68 bits per heavy atom. The average Bonchev–Trinajstić information content (AvgIpc) is 2.80. The molecule has 2 aromatic rings. The number of carbonyl (C=O) groups excluding carboxylic acids is 2. The van der Waals surface area contributed by atoms with E-state index in [4.69, 9.17) is 4.74 Å². The lowest BCUT2D eigenvalue weighted by Gasteiger charge is -2.20. The summed E-state index contributed by atoms with van der Waals surface area (Å²) in [6, 6.07) is 14.9. The van der Waals surface area contributed by atoms with E-state index in [2.05, 4.69) is 10.2 Å². The number of nitrogens with zero attached hydrogens (tertiary/aromatic N) is 2. The van der Waals surface area contributed by atoms with Crippen LogP contribution in [0.5, 0.6) is 5.75 Å². The first kappa shape index (κ1) is 16.8. The minimum absolute atomic E-state index is 0.422. The molecule has 25 heavy (non-hydrogen) atoms. The summed E-state index contributed by atoms with van der Waals surface area (Å²) < 4.78 is 5.13. The molecule has 1 N–H and O–H groups in total. The number of hydrogen-bond donors (Lipinski definition) is 1. The van der Waals surface area contributed by atoms with Crippen LogP contribution < -0.4 is 15.0 Å². The first-order chi connectivity index (χ1) is 12.1. The Hall–Kier alpha value is -3.02. The Morgan fingerprint density at radius 2 is 1.88 bits per heavy atom. The van der Waals surface area contributed by atoms with Crippen molar-refractivity contribution in [3.05, 3.63) is 54.1 Å². The van der Waals surface area contributed by atoms with Gasteiger partial charge in [-0.05, 0) is 23.8 Å². The van der Waals surface area contributed by atoms with Gasteiger partial charge >= 0.3 is 11.8 Å². The minimum Gasteiger partial charge on any atom is -0.497 e. The first-order valence-corrected chi connectivity index (χ1v) is 8.12. The second-order valence-corrected chi connectivity index (χ2v) is 5.96. The van der Waals surface area contributed by atoms with Crippen molar-refractivity contribution in [2.75, 3.05) is 37.5 Å². The molecule has 0 aliphatic carbocycles. The third-order valence-corrected chi connectivity index (χ3v) is 4.28. The maximum Gasteiger partial charge on any atom is 0.313 e. The van der Waals surface area contributed by atoms with E-state index in [-0.39, 0.29) is 0 Å². The number of carbonyl (C=O) groups is 2. The minimum atomic E-state index is -0.643. The Balaban J connectivity index is 1.73. The molecule has 0 unspecified atom stereocenters. The maximum absolute atomic E-state index is 12.6. The molecule has 1 aliphatic heterocycles. The van der Waals surface area contributed by atoms with Gasteiger partial charge in [0.05, 0.1) is 7.11 Å². The molecule has 130 valence electrons. The van der Waals surface area contributed by atoms with Crippen LogP contribution in [0.4, 0.5) is 11.4 Å². The fraction of sp³-hybridized carbons (Fsp3) is 0.263. The number of fused-ring (bicyclic) bond motifs is 1. The van der Waals surface area contributed by atoms with Gasteiger partial charge in [0.1, 0.15) is 5.75 Å². The van der Waals surface area contributed by atoms with Crippen molar-refractivity contribution < 1.29 is 14.3 Å². The van der Waals surface area contributed by atoms with E-state index in [0.29, 0.717) is 31.1 Å². The van der Waals surface area contributed by atoms with Crippen LogP contribution in [0.3, 0.4) is 0 Å². The van der Waals surface area contributed by atoms with Crippen molar-refractivity contribution in [3.8, 4) is 5.75 Å². The van der Waals surface area contributed by atoms with Crippen LogP contribution in [-0.4, -0.2) is 44.0 Å². The Labute approximate surface area is 147 Å². The van der Waals surface area contributed by atoms with E-state index < -0.39 is 11.8 Å².